The summed E-state index contributed by atoms with van der Waals surface area (Å²) < 4.78 is 6.10. The number of carbonyl (C=O) groups excluding carboxylic acids is 1. The predicted octanol–water partition coefficient (Wildman–Crippen LogP) is 2.39. The number of hydrogen-bond acceptors (Lipinski definition) is 3. The topological polar surface area (TPSA) is 46.5 Å². The Morgan fingerprint density at radius 1 is 1.46 bits per heavy atom. The summed E-state index contributed by atoms with van der Waals surface area (Å²) >= 11 is 4.05. The van der Waals surface area contributed by atoms with Crippen molar-refractivity contribution in [1.29, 1.82) is 0 Å². The minimum Gasteiger partial charge on any atom is -0.507 e. The Labute approximate surface area is 103 Å². The lowest BCUT2D eigenvalue weighted by molar-refractivity contribution is 0.0596. The Morgan fingerprint density at radius 3 is 2.54 bits per heavy atom. The van der Waals surface area contributed by atoms with Crippen molar-refractivity contribution in [2.45, 2.75) is 0 Å². The Morgan fingerprint density at radius 2 is 2.08 bits per heavy atom. The minimum absolute atomic E-state index is 0.0387. The number of phenols is 1. The van der Waals surface area contributed by atoms with Crippen molar-refractivity contribution >= 4 is 51.2 Å². The van der Waals surface area contributed by atoms with Gasteiger partial charge in [0.1, 0.15) is 11.3 Å². The van der Waals surface area contributed by atoms with E-state index in [-0.39, 0.29) is 11.3 Å². The van der Waals surface area contributed by atoms with E-state index in [9.17, 15) is 9.90 Å². The van der Waals surface area contributed by atoms with Crippen molar-refractivity contribution in [2.75, 3.05) is 7.11 Å². The maximum Gasteiger partial charge on any atom is 0.342 e. The molecule has 0 saturated carbocycles. The first kappa shape index (κ1) is 11.0. The molecule has 0 atom stereocenters. The molecule has 0 unspecified atom stereocenters. The summed E-state index contributed by atoms with van der Waals surface area (Å²) in [6, 6.07) is 3.32. The molecule has 0 aromatic heterocycles. The molecule has 3 nitrogen and oxygen atoms in total. The van der Waals surface area contributed by atoms with Crippen molar-refractivity contribution in [1.82, 2.24) is 0 Å². The van der Waals surface area contributed by atoms with E-state index in [1.165, 1.54) is 13.2 Å². The van der Waals surface area contributed by atoms with Crippen molar-refractivity contribution in [3.63, 3.8) is 0 Å². The third-order valence-electron chi connectivity index (χ3n) is 1.42. The van der Waals surface area contributed by atoms with Gasteiger partial charge >= 0.3 is 5.97 Å². The maximum absolute atomic E-state index is 11.2. The van der Waals surface area contributed by atoms with Gasteiger partial charge in [-0.05, 0) is 57.3 Å². The van der Waals surface area contributed by atoms with Crippen molar-refractivity contribution < 1.29 is 14.6 Å². The zero-order chi connectivity index (χ0) is 10.0. The first-order chi connectivity index (χ1) is 6.06. The molecule has 5 heteroatoms. The number of hydrogen-bond donors (Lipinski definition) is 1. The molecular weight excluding hydrogens is 398 g/mol. The van der Waals surface area contributed by atoms with E-state index in [2.05, 4.69) is 27.3 Å². The van der Waals surface area contributed by atoms with E-state index < -0.39 is 5.97 Å². The molecule has 0 spiro atoms. The van der Waals surface area contributed by atoms with Crippen LogP contribution in [0.15, 0.2) is 12.1 Å². The van der Waals surface area contributed by atoms with Gasteiger partial charge < -0.3 is 9.84 Å². The number of carbonyl (C=O) groups is 1. The largest absolute Gasteiger partial charge is 0.507 e. The molecule has 0 heterocycles. The summed E-state index contributed by atoms with van der Waals surface area (Å²) in [6.07, 6.45) is 0. The first-order valence-corrected chi connectivity index (χ1v) is 5.48. The van der Waals surface area contributed by atoms with Crippen LogP contribution in [0.5, 0.6) is 5.75 Å². The summed E-state index contributed by atoms with van der Waals surface area (Å²) in [6.45, 7) is 0. The fraction of sp³-hybridized carbons (Fsp3) is 0.125. The first-order valence-electron chi connectivity index (χ1n) is 3.32. The molecule has 0 fully saturated rings. The number of ether oxygens (including phenoxy) is 1. The van der Waals surface area contributed by atoms with Crippen LogP contribution in [0.4, 0.5) is 0 Å². The molecule has 1 rings (SSSR count). The highest BCUT2D eigenvalue weighted by Crippen LogP contribution is 2.26. The summed E-state index contributed by atoms with van der Waals surface area (Å²) in [5.41, 5.74) is 0.225. The molecule has 0 aliphatic rings. The molecule has 13 heavy (non-hydrogen) atoms. The van der Waals surface area contributed by atoms with E-state index in [0.717, 1.165) is 3.57 Å². The average molecular weight is 404 g/mol. The lowest BCUT2D eigenvalue weighted by Gasteiger charge is -2.05. The number of rotatable bonds is 1. The van der Waals surface area contributed by atoms with Gasteiger partial charge in [0.15, 0.2) is 0 Å². The van der Waals surface area contributed by atoms with Crippen LogP contribution in [0.25, 0.3) is 0 Å². The van der Waals surface area contributed by atoms with Gasteiger partial charge in [0.05, 0.1) is 7.11 Å². The monoisotopic (exact) mass is 404 g/mol. The molecule has 0 amide bonds. The lowest BCUT2D eigenvalue weighted by Crippen LogP contribution is -2.04. The Kier molecular flexibility index (Phi) is 3.77. The van der Waals surface area contributed by atoms with Crippen molar-refractivity contribution in [2.24, 2.45) is 0 Å². The zero-order valence-corrected chi connectivity index (χ0v) is 11.0. The fourth-order valence-electron chi connectivity index (χ4n) is 0.864. The van der Waals surface area contributed by atoms with Crippen molar-refractivity contribution in [3.05, 3.63) is 24.8 Å². The summed E-state index contributed by atoms with van der Waals surface area (Å²) in [5.74, 6) is -0.554. The van der Waals surface area contributed by atoms with Gasteiger partial charge in [0.2, 0.25) is 0 Å². The SMILES string of the molecule is COC(=O)c1c(O)cc(I)cc1I. The average Bonchev–Trinajstić information content (AvgIpc) is 2.02. The highest BCUT2D eigenvalue weighted by Gasteiger charge is 2.15. The molecule has 70 valence electrons. The number of aromatic hydroxyl groups is 1. The number of methoxy groups -OCH3 is 1. The second kappa shape index (κ2) is 4.45. The van der Waals surface area contributed by atoms with Gasteiger partial charge in [-0.2, -0.15) is 0 Å². The fourth-order valence-corrected chi connectivity index (χ4v) is 2.90. The molecule has 1 aromatic rings. The van der Waals surface area contributed by atoms with E-state index in [4.69, 9.17) is 0 Å². The van der Waals surface area contributed by atoms with Crippen LogP contribution in [0, 0.1) is 7.14 Å². The highest BCUT2D eigenvalue weighted by molar-refractivity contribution is 14.1. The smallest absolute Gasteiger partial charge is 0.342 e. The Hall–Kier alpha value is -0.0500. The standard InChI is InChI=1S/C8H6I2O3/c1-13-8(12)7-5(10)2-4(9)3-6(7)11/h2-3,11H,1H3. The lowest BCUT2D eigenvalue weighted by atomic mass is 10.2. The number of esters is 1. The van der Waals surface area contributed by atoms with E-state index in [1.54, 1.807) is 6.07 Å². The van der Waals surface area contributed by atoms with E-state index in [0.29, 0.717) is 3.57 Å². The van der Waals surface area contributed by atoms with Gasteiger partial charge in [0, 0.05) is 7.14 Å². The molecule has 0 aliphatic carbocycles. The van der Waals surface area contributed by atoms with Crippen LogP contribution < -0.4 is 0 Å². The molecule has 0 bridgehead atoms. The normalized spacial score (nSPS) is 9.77. The Bertz CT molecular complexity index is 326. The van der Waals surface area contributed by atoms with Crippen molar-refractivity contribution in [3.8, 4) is 5.75 Å². The second-order valence-corrected chi connectivity index (χ2v) is 4.68. The van der Waals surface area contributed by atoms with Crippen LogP contribution in [0.1, 0.15) is 10.4 Å². The molecule has 0 saturated heterocycles. The summed E-state index contributed by atoms with van der Waals surface area (Å²) in [7, 11) is 1.29. The van der Waals surface area contributed by atoms with Gasteiger partial charge in [0.25, 0.3) is 0 Å². The van der Waals surface area contributed by atoms with Gasteiger partial charge in [-0.15, -0.1) is 0 Å². The van der Waals surface area contributed by atoms with Gasteiger partial charge in [-0.1, -0.05) is 0 Å². The molecule has 0 radical (unpaired) electrons. The maximum atomic E-state index is 11.2. The minimum atomic E-state index is -0.515. The van der Waals surface area contributed by atoms with Crippen LogP contribution in [0.2, 0.25) is 0 Å². The molecule has 0 aliphatic heterocycles. The third kappa shape index (κ3) is 2.46. The second-order valence-electron chi connectivity index (χ2n) is 2.27. The van der Waals surface area contributed by atoms with Crippen LogP contribution in [0.3, 0.4) is 0 Å². The quantitative estimate of drug-likeness (QED) is 0.578. The third-order valence-corrected chi connectivity index (χ3v) is 2.90. The molecular formula is C8H6I2O3. The van der Waals surface area contributed by atoms with Crippen LogP contribution in [-0.2, 0) is 4.74 Å². The zero-order valence-electron chi connectivity index (χ0n) is 6.67. The summed E-state index contributed by atoms with van der Waals surface area (Å²) in [4.78, 5) is 11.2. The number of halogens is 2. The van der Waals surface area contributed by atoms with E-state index in [1.807, 2.05) is 22.6 Å². The van der Waals surface area contributed by atoms with Gasteiger partial charge in [-0.25, -0.2) is 4.79 Å². The Balaban J connectivity index is 3.28. The molecule has 1 aromatic carbocycles. The number of benzene rings is 1. The van der Waals surface area contributed by atoms with Gasteiger partial charge in [-0.3, -0.25) is 0 Å². The van der Waals surface area contributed by atoms with E-state index >= 15 is 0 Å². The molecule has 1 N–H and O–H groups in total. The van der Waals surface area contributed by atoms with Crippen LogP contribution >= 0.6 is 45.2 Å². The summed E-state index contributed by atoms with van der Waals surface area (Å²) in [5, 5.41) is 9.46. The predicted molar refractivity (Wildman–Crippen MR) is 64.9 cm³/mol. The highest BCUT2D eigenvalue weighted by atomic mass is 127. The number of phenolic OH excluding ortho intramolecular Hbond substituents is 1. The van der Waals surface area contributed by atoms with Crippen LogP contribution in [-0.4, -0.2) is 18.2 Å².